The Bertz CT molecular complexity index is 1010. The van der Waals surface area contributed by atoms with Gasteiger partial charge in [-0.25, -0.2) is 9.18 Å². The number of esters is 1. The van der Waals surface area contributed by atoms with Crippen LogP contribution in [0.2, 0.25) is 0 Å². The van der Waals surface area contributed by atoms with Gasteiger partial charge in [-0.05, 0) is 43.3 Å². The predicted molar refractivity (Wildman–Crippen MR) is 94.1 cm³/mol. The highest BCUT2D eigenvalue weighted by atomic mass is 19.1. The molecule has 0 fully saturated rings. The number of carbonyl (C=O) groups is 1. The number of hydrogen-bond acceptors (Lipinski definition) is 6. The Morgan fingerprint density at radius 1 is 1.15 bits per heavy atom. The molecule has 1 aliphatic rings. The monoisotopic (exact) mass is 366 g/mol. The molecule has 27 heavy (non-hydrogen) atoms. The van der Waals surface area contributed by atoms with Gasteiger partial charge in [-0.2, -0.15) is 0 Å². The molecule has 0 saturated heterocycles. The summed E-state index contributed by atoms with van der Waals surface area (Å²) in [5, 5.41) is 7.83. The first-order valence-corrected chi connectivity index (χ1v) is 8.33. The van der Waals surface area contributed by atoms with Crippen LogP contribution in [0.5, 0.6) is 5.75 Å². The molecule has 0 spiro atoms. The Labute approximate surface area is 154 Å². The Kier molecular flexibility index (Phi) is 4.42. The fourth-order valence-electron chi connectivity index (χ4n) is 2.63. The van der Waals surface area contributed by atoms with Crippen molar-refractivity contribution in [1.82, 2.24) is 10.2 Å². The lowest BCUT2D eigenvalue weighted by Crippen LogP contribution is -2.18. The van der Waals surface area contributed by atoms with Gasteiger partial charge >= 0.3 is 5.97 Å². The molecule has 2 aromatic carbocycles. The normalized spacial score (nSPS) is 13.9. The third kappa shape index (κ3) is 3.57. The van der Waals surface area contributed by atoms with Crippen molar-refractivity contribution in [2.75, 3.05) is 6.61 Å². The maximum Gasteiger partial charge on any atom is 0.338 e. The first-order chi connectivity index (χ1) is 13.1. The van der Waals surface area contributed by atoms with E-state index in [1.165, 1.54) is 24.3 Å². The summed E-state index contributed by atoms with van der Waals surface area (Å²) in [7, 11) is 0. The molecule has 1 aliphatic heterocycles. The molecule has 0 radical (unpaired) electrons. The molecule has 4 rings (SSSR count). The molecule has 1 atom stereocenters. The number of ether oxygens (including phenoxy) is 2. The molecule has 0 saturated carbocycles. The van der Waals surface area contributed by atoms with Crippen molar-refractivity contribution in [1.29, 1.82) is 0 Å². The van der Waals surface area contributed by atoms with Gasteiger partial charge in [-0.15, -0.1) is 10.2 Å². The van der Waals surface area contributed by atoms with E-state index < -0.39 is 12.1 Å². The van der Waals surface area contributed by atoms with E-state index in [-0.39, 0.29) is 24.2 Å². The molecule has 0 N–H and O–H groups in total. The van der Waals surface area contributed by atoms with E-state index in [1.807, 2.05) is 24.3 Å². The van der Waals surface area contributed by atoms with Crippen molar-refractivity contribution in [3.05, 3.63) is 71.4 Å². The molecule has 7 heteroatoms. The standard InChI is InChI=1S/C20H15FN2O4/c1-12(18-22-23-19(27-18)13-6-8-16(21)9-7-13)26-20(24)15-10-14-4-2-3-5-17(14)25-11-15/h2-10,12H,11H2,1H3/t12-/m1/s1. The summed E-state index contributed by atoms with van der Waals surface area (Å²) in [6.07, 6.45) is 1.00. The fraction of sp³-hybridized carbons (Fsp3) is 0.150. The van der Waals surface area contributed by atoms with Gasteiger partial charge in [0.25, 0.3) is 5.89 Å². The Hall–Kier alpha value is -3.48. The summed E-state index contributed by atoms with van der Waals surface area (Å²) in [5.41, 5.74) is 1.80. The van der Waals surface area contributed by atoms with Gasteiger partial charge in [0.15, 0.2) is 6.10 Å². The van der Waals surface area contributed by atoms with Crippen LogP contribution >= 0.6 is 0 Å². The van der Waals surface area contributed by atoms with E-state index in [9.17, 15) is 9.18 Å². The van der Waals surface area contributed by atoms with Gasteiger partial charge in [0.1, 0.15) is 18.2 Å². The maximum atomic E-state index is 13.0. The molecule has 0 unspecified atom stereocenters. The molecule has 3 aromatic rings. The number of carbonyl (C=O) groups excluding carboxylic acids is 1. The van der Waals surface area contributed by atoms with Crippen LogP contribution in [-0.2, 0) is 9.53 Å². The summed E-state index contributed by atoms with van der Waals surface area (Å²) < 4.78 is 29.5. The molecule has 0 bridgehead atoms. The first kappa shape index (κ1) is 17.0. The largest absolute Gasteiger partial charge is 0.488 e. The van der Waals surface area contributed by atoms with Crippen molar-refractivity contribution < 1.29 is 23.1 Å². The summed E-state index contributed by atoms with van der Waals surface area (Å²) in [6.45, 7) is 1.77. The van der Waals surface area contributed by atoms with E-state index >= 15 is 0 Å². The molecular weight excluding hydrogens is 351 g/mol. The highest BCUT2D eigenvalue weighted by molar-refractivity contribution is 5.95. The first-order valence-electron chi connectivity index (χ1n) is 8.33. The zero-order valence-electron chi connectivity index (χ0n) is 14.4. The lowest BCUT2D eigenvalue weighted by atomic mass is 10.1. The van der Waals surface area contributed by atoms with Crippen LogP contribution in [0.3, 0.4) is 0 Å². The molecule has 0 amide bonds. The average molecular weight is 366 g/mol. The highest BCUT2D eigenvalue weighted by Crippen LogP contribution is 2.28. The molecule has 136 valence electrons. The van der Waals surface area contributed by atoms with Crippen LogP contribution < -0.4 is 4.74 Å². The summed E-state index contributed by atoms with van der Waals surface area (Å²) in [5.74, 6) is 0.231. The number of aromatic nitrogens is 2. The number of hydrogen-bond donors (Lipinski definition) is 0. The smallest absolute Gasteiger partial charge is 0.338 e. The van der Waals surface area contributed by atoms with Crippen LogP contribution in [0.15, 0.2) is 58.5 Å². The maximum absolute atomic E-state index is 13.0. The van der Waals surface area contributed by atoms with Crippen molar-refractivity contribution >= 4 is 12.0 Å². The average Bonchev–Trinajstić information content (AvgIpc) is 3.18. The SMILES string of the molecule is C[C@@H](OC(=O)C1=Cc2ccccc2OC1)c1nnc(-c2ccc(F)cc2)o1. The van der Waals surface area contributed by atoms with E-state index in [0.717, 1.165) is 11.3 Å². The minimum Gasteiger partial charge on any atom is -0.488 e. The second kappa shape index (κ2) is 7.03. The zero-order chi connectivity index (χ0) is 18.8. The number of rotatable bonds is 4. The lowest BCUT2D eigenvalue weighted by molar-refractivity contribution is -0.145. The number of benzene rings is 2. The summed E-state index contributed by atoms with van der Waals surface area (Å²) in [6, 6.07) is 13.1. The number of halogens is 1. The van der Waals surface area contributed by atoms with Crippen molar-refractivity contribution in [2.45, 2.75) is 13.0 Å². The quantitative estimate of drug-likeness (QED) is 0.651. The van der Waals surface area contributed by atoms with Crippen LogP contribution in [0.25, 0.3) is 17.5 Å². The van der Waals surface area contributed by atoms with Crippen molar-refractivity contribution in [3.8, 4) is 17.2 Å². The zero-order valence-corrected chi connectivity index (χ0v) is 14.4. The number of para-hydroxylation sites is 1. The van der Waals surface area contributed by atoms with Gasteiger partial charge in [-0.1, -0.05) is 18.2 Å². The second-order valence-corrected chi connectivity index (χ2v) is 6.00. The van der Waals surface area contributed by atoms with E-state index in [0.29, 0.717) is 11.1 Å². The van der Waals surface area contributed by atoms with Crippen molar-refractivity contribution in [3.63, 3.8) is 0 Å². The van der Waals surface area contributed by atoms with Gasteiger partial charge in [-0.3, -0.25) is 0 Å². The lowest BCUT2D eigenvalue weighted by Gasteiger charge is -2.18. The van der Waals surface area contributed by atoms with Gasteiger partial charge in [0.05, 0.1) is 5.57 Å². The Balaban J connectivity index is 1.47. The topological polar surface area (TPSA) is 74.5 Å². The highest BCUT2D eigenvalue weighted by Gasteiger charge is 2.23. The summed E-state index contributed by atoms with van der Waals surface area (Å²) in [4.78, 5) is 12.4. The Morgan fingerprint density at radius 3 is 2.74 bits per heavy atom. The van der Waals surface area contributed by atoms with Crippen LogP contribution in [0.1, 0.15) is 24.5 Å². The fourth-order valence-corrected chi connectivity index (χ4v) is 2.63. The number of nitrogens with zero attached hydrogens (tertiary/aromatic N) is 2. The second-order valence-electron chi connectivity index (χ2n) is 6.00. The number of fused-ring (bicyclic) bond motifs is 1. The molecule has 1 aromatic heterocycles. The Morgan fingerprint density at radius 2 is 1.93 bits per heavy atom. The van der Waals surface area contributed by atoms with Crippen LogP contribution in [0.4, 0.5) is 4.39 Å². The van der Waals surface area contributed by atoms with Crippen molar-refractivity contribution in [2.24, 2.45) is 0 Å². The van der Waals surface area contributed by atoms with Crippen LogP contribution in [-0.4, -0.2) is 22.8 Å². The van der Waals surface area contributed by atoms with E-state index in [1.54, 1.807) is 13.0 Å². The van der Waals surface area contributed by atoms with Gasteiger partial charge in [0, 0.05) is 11.1 Å². The third-order valence-electron chi connectivity index (χ3n) is 4.06. The predicted octanol–water partition coefficient (Wildman–Crippen LogP) is 3.96. The minimum atomic E-state index is -0.739. The molecular formula is C20H15FN2O4. The van der Waals surface area contributed by atoms with Gasteiger partial charge < -0.3 is 13.9 Å². The molecule has 6 nitrogen and oxygen atoms in total. The third-order valence-corrected chi connectivity index (χ3v) is 4.06. The molecule has 2 heterocycles. The molecule has 0 aliphatic carbocycles. The van der Waals surface area contributed by atoms with E-state index in [2.05, 4.69) is 10.2 Å². The van der Waals surface area contributed by atoms with Crippen LogP contribution in [0, 0.1) is 5.82 Å². The van der Waals surface area contributed by atoms with E-state index in [4.69, 9.17) is 13.9 Å². The minimum absolute atomic E-state index is 0.132. The summed E-state index contributed by atoms with van der Waals surface area (Å²) >= 11 is 0. The van der Waals surface area contributed by atoms with Gasteiger partial charge in [0.2, 0.25) is 5.89 Å².